The van der Waals surface area contributed by atoms with Gasteiger partial charge in [0.05, 0.1) is 23.3 Å². The first-order valence-electron chi connectivity index (χ1n) is 6.56. The first-order valence-corrected chi connectivity index (χ1v) is 7.88. The second kappa shape index (κ2) is 6.74. The SMILES string of the molecule is CCOC(=O)C(C)CS(=O)c1ccc2c(c1)OCCO2. The minimum absolute atomic E-state index is 0.235. The van der Waals surface area contributed by atoms with Crippen molar-refractivity contribution in [3.63, 3.8) is 0 Å². The average molecular weight is 298 g/mol. The van der Waals surface area contributed by atoms with E-state index in [4.69, 9.17) is 14.2 Å². The van der Waals surface area contributed by atoms with Gasteiger partial charge in [0.15, 0.2) is 11.5 Å². The van der Waals surface area contributed by atoms with E-state index in [1.165, 1.54) is 0 Å². The molecule has 1 aliphatic rings. The summed E-state index contributed by atoms with van der Waals surface area (Å²) in [6.07, 6.45) is 0. The number of esters is 1. The fourth-order valence-corrected chi connectivity index (χ4v) is 3.08. The molecule has 110 valence electrons. The van der Waals surface area contributed by atoms with Crippen molar-refractivity contribution < 1.29 is 23.2 Å². The van der Waals surface area contributed by atoms with Crippen molar-refractivity contribution in [1.82, 2.24) is 0 Å². The number of benzene rings is 1. The first-order chi connectivity index (χ1) is 9.61. The maximum atomic E-state index is 12.3. The number of carbonyl (C=O) groups excluding carboxylic acids is 1. The minimum atomic E-state index is -1.27. The topological polar surface area (TPSA) is 61.8 Å². The van der Waals surface area contributed by atoms with Gasteiger partial charge in [0.1, 0.15) is 13.2 Å². The molecule has 2 atom stereocenters. The maximum Gasteiger partial charge on any atom is 0.309 e. The highest BCUT2D eigenvalue weighted by Gasteiger charge is 2.20. The molecule has 1 aromatic rings. The van der Waals surface area contributed by atoms with Gasteiger partial charge in [-0.1, -0.05) is 6.92 Å². The van der Waals surface area contributed by atoms with Gasteiger partial charge in [-0.25, -0.2) is 0 Å². The molecular formula is C14H18O5S. The monoisotopic (exact) mass is 298 g/mol. The maximum absolute atomic E-state index is 12.3. The van der Waals surface area contributed by atoms with Crippen LogP contribution in [0.15, 0.2) is 23.1 Å². The molecule has 6 heteroatoms. The van der Waals surface area contributed by atoms with Crippen LogP contribution in [0.3, 0.4) is 0 Å². The Morgan fingerprint density at radius 2 is 2.05 bits per heavy atom. The molecule has 0 saturated heterocycles. The number of hydrogen-bond donors (Lipinski definition) is 0. The van der Waals surface area contributed by atoms with Gasteiger partial charge in [0.25, 0.3) is 0 Å². The molecule has 0 radical (unpaired) electrons. The van der Waals surface area contributed by atoms with E-state index in [9.17, 15) is 9.00 Å². The summed E-state index contributed by atoms with van der Waals surface area (Å²) in [7, 11) is -1.27. The van der Waals surface area contributed by atoms with Gasteiger partial charge in [-0.3, -0.25) is 9.00 Å². The van der Waals surface area contributed by atoms with Crippen LogP contribution in [0.5, 0.6) is 11.5 Å². The van der Waals surface area contributed by atoms with Gasteiger partial charge in [0, 0.05) is 16.7 Å². The largest absolute Gasteiger partial charge is 0.486 e. The van der Waals surface area contributed by atoms with Crippen LogP contribution in [0.4, 0.5) is 0 Å². The van der Waals surface area contributed by atoms with Gasteiger partial charge in [-0.05, 0) is 19.1 Å². The van der Waals surface area contributed by atoms with Gasteiger partial charge in [-0.15, -0.1) is 0 Å². The molecule has 2 rings (SSSR count). The van der Waals surface area contributed by atoms with Gasteiger partial charge >= 0.3 is 5.97 Å². The predicted octanol–water partition coefficient (Wildman–Crippen LogP) is 1.76. The quantitative estimate of drug-likeness (QED) is 0.775. The summed E-state index contributed by atoms with van der Waals surface area (Å²) in [5.41, 5.74) is 0. The molecule has 2 unspecified atom stereocenters. The van der Waals surface area contributed by atoms with Crippen LogP contribution >= 0.6 is 0 Å². The Morgan fingerprint density at radius 1 is 1.35 bits per heavy atom. The van der Waals surface area contributed by atoms with Crippen molar-refractivity contribution in [1.29, 1.82) is 0 Å². The second-order valence-corrected chi connectivity index (χ2v) is 5.97. The number of hydrogen-bond acceptors (Lipinski definition) is 5. The van der Waals surface area contributed by atoms with E-state index < -0.39 is 16.7 Å². The van der Waals surface area contributed by atoms with E-state index in [0.717, 1.165) is 0 Å². The Hall–Kier alpha value is -1.56. The molecule has 0 saturated carbocycles. The minimum Gasteiger partial charge on any atom is -0.486 e. The van der Waals surface area contributed by atoms with Crippen molar-refractivity contribution in [3.05, 3.63) is 18.2 Å². The zero-order valence-corrected chi connectivity index (χ0v) is 12.4. The van der Waals surface area contributed by atoms with Crippen molar-refractivity contribution >= 4 is 16.8 Å². The lowest BCUT2D eigenvalue weighted by Gasteiger charge is -2.19. The molecule has 0 bridgehead atoms. The molecule has 1 heterocycles. The van der Waals surface area contributed by atoms with Crippen LogP contribution < -0.4 is 9.47 Å². The third kappa shape index (κ3) is 3.50. The average Bonchev–Trinajstić information content (AvgIpc) is 2.46. The summed E-state index contributed by atoms with van der Waals surface area (Å²) in [6.45, 7) is 4.81. The number of ether oxygens (including phenoxy) is 3. The molecule has 0 aromatic heterocycles. The summed E-state index contributed by atoms with van der Waals surface area (Å²) in [4.78, 5) is 12.2. The Kier molecular flexibility index (Phi) is 5.00. The normalized spacial score (nSPS) is 16.3. The molecule has 20 heavy (non-hydrogen) atoms. The van der Waals surface area contributed by atoms with E-state index in [1.807, 2.05) is 0 Å². The zero-order valence-electron chi connectivity index (χ0n) is 11.6. The number of rotatable bonds is 5. The van der Waals surface area contributed by atoms with Crippen molar-refractivity contribution in [2.24, 2.45) is 5.92 Å². The molecular weight excluding hydrogens is 280 g/mol. The van der Waals surface area contributed by atoms with Crippen LogP contribution in [0.1, 0.15) is 13.8 Å². The molecule has 0 aliphatic carbocycles. The summed E-state index contributed by atoms with van der Waals surface area (Å²) >= 11 is 0. The molecule has 0 fully saturated rings. The van der Waals surface area contributed by atoms with Gasteiger partial charge in [-0.2, -0.15) is 0 Å². The highest BCUT2D eigenvalue weighted by molar-refractivity contribution is 7.85. The van der Waals surface area contributed by atoms with E-state index in [-0.39, 0.29) is 11.7 Å². The van der Waals surface area contributed by atoms with Crippen molar-refractivity contribution in [2.45, 2.75) is 18.7 Å². The molecule has 1 aliphatic heterocycles. The molecule has 5 nitrogen and oxygen atoms in total. The highest BCUT2D eigenvalue weighted by Crippen LogP contribution is 2.32. The smallest absolute Gasteiger partial charge is 0.309 e. The molecule has 0 spiro atoms. The molecule has 0 N–H and O–H groups in total. The fourth-order valence-electron chi connectivity index (χ4n) is 1.84. The van der Waals surface area contributed by atoms with E-state index in [2.05, 4.69) is 0 Å². The number of carbonyl (C=O) groups is 1. The predicted molar refractivity (Wildman–Crippen MR) is 74.5 cm³/mol. The van der Waals surface area contributed by atoms with Gasteiger partial charge < -0.3 is 14.2 Å². The Labute approximate surface area is 120 Å². The van der Waals surface area contributed by atoms with Crippen LogP contribution in [0, 0.1) is 5.92 Å². The summed E-state index contributed by atoms with van der Waals surface area (Å²) in [5, 5.41) is 0. The summed E-state index contributed by atoms with van der Waals surface area (Å²) < 4.78 is 28.0. The fraction of sp³-hybridized carbons (Fsp3) is 0.500. The third-order valence-corrected chi connectivity index (χ3v) is 4.45. The lowest BCUT2D eigenvalue weighted by atomic mass is 10.2. The van der Waals surface area contributed by atoms with Gasteiger partial charge in [0.2, 0.25) is 0 Å². The van der Waals surface area contributed by atoms with Crippen LogP contribution in [0.2, 0.25) is 0 Å². The molecule has 1 aromatic carbocycles. The highest BCUT2D eigenvalue weighted by atomic mass is 32.2. The summed E-state index contributed by atoms with van der Waals surface area (Å²) in [6, 6.07) is 5.20. The van der Waals surface area contributed by atoms with Crippen molar-refractivity contribution in [2.75, 3.05) is 25.6 Å². The lowest BCUT2D eigenvalue weighted by Crippen LogP contribution is -2.21. The second-order valence-electron chi connectivity index (χ2n) is 4.47. The van der Waals surface area contributed by atoms with E-state index in [0.29, 0.717) is 36.2 Å². The first kappa shape index (κ1) is 14.8. The van der Waals surface area contributed by atoms with Crippen LogP contribution in [0.25, 0.3) is 0 Å². The lowest BCUT2D eigenvalue weighted by molar-refractivity contribution is -0.146. The van der Waals surface area contributed by atoms with E-state index in [1.54, 1.807) is 32.0 Å². The summed E-state index contributed by atoms with van der Waals surface area (Å²) in [5.74, 6) is 0.780. The van der Waals surface area contributed by atoms with Crippen LogP contribution in [-0.2, 0) is 20.3 Å². The third-order valence-electron chi connectivity index (χ3n) is 2.87. The Balaban J connectivity index is 2.04. The zero-order chi connectivity index (χ0) is 14.5. The van der Waals surface area contributed by atoms with Crippen molar-refractivity contribution in [3.8, 4) is 11.5 Å². The Bertz CT molecular complexity index is 514. The Morgan fingerprint density at radius 3 is 2.75 bits per heavy atom. The molecule has 0 amide bonds. The number of fused-ring (bicyclic) bond motifs is 1. The van der Waals surface area contributed by atoms with E-state index >= 15 is 0 Å². The van der Waals surface area contributed by atoms with Crippen LogP contribution in [-0.4, -0.2) is 35.8 Å². The standard InChI is InChI=1S/C14H18O5S/c1-3-17-14(15)10(2)9-20(16)11-4-5-12-13(8-11)19-7-6-18-12/h4-5,8,10H,3,6-7,9H2,1-2H3.